The van der Waals surface area contributed by atoms with Gasteiger partial charge >= 0.3 is 6.18 Å². The van der Waals surface area contributed by atoms with Gasteiger partial charge in [0.2, 0.25) is 0 Å². The normalized spacial score (nSPS) is 12.0. The second-order valence-corrected chi connectivity index (χ2v) is 11.1. The van der Waals surface area contributed by atoms with Crippen molar-refractivity contribution in [3.8, 4) is 22.3 Å². The fraction of sp³-hybridized carbons (Fsp3) is 0.278. The predicted octanol–water partition coefficient (Wildman–Crippen LogP) is 11.9. The van der Waals surface area contributed by atoms with Crippen LogP contribution in [-0.4, -0.2) is 6.18 Å². The Balaban J connectivity index is 1.49. The summed E-state index contributed by atoms with van der Waals surface area (Å²) in [4.78, 5) is 0. The van der Waals surface area contributed by atoms with Crippen molar-refractivity contribution >= 4 is 6.08 Å². The van der Waals surface area contributed by atoms with Crippen molar-refractivity contribution in [3.05, 3.63) is 124 Å². The van der Waals surface area contributed by atoms with Crippen molar-refractivity contribution < 1.29 is 43.9 Å². The van der Waals surface area contributed by atoms with E-state index in [0.717, 1.165) is 50.3 Å². The van der Waals surface area contributed by atoms with Crippen LogP contribution in [0.4, 0.5) is 43.9 Å². The Morgan fingerprint density at radius 2 is 1.11 bits per heavy atom. The van der Waals surface area contributed by atoms with E-state index in [-0.39, 0.29) is 41.7 Å². The molecule has 0 aliphatic carbocycles. The van der Waals surface area contributed by atoms with Crippen LogP contribution in [0.25, 0.3) is 28.3 Å². The molecule has 0 aromatic heterocycles. The first-order valence-electron chi connectivity index (χ1n) is 14.8. The smallest absolute Gasteiger partial charge is 0.207 e. The minimum Gasteiger partial charge on any atom is -0.207 e. The highest BCUT2D eigenvalue weighted by Crippen LogP contribution is 2.34. The molecule has 0 aliphatic heterocycles. The SMILES string of the molecule is CCCCCCCc1cc(F)c(CCc2ccc(-c3cc(F)c(-c4cc(F)c(C=CC(F)(F)F)c(F)c4)c(F)c3)c(F)c2)c(F)c1. The third kappa shape index (κ3) is 8.79. The van der Waals surface area contributed by atoms with E-state index in [1.807, 2.05) is 0 Å². The van der Waals surface area contributed by atoms with Crippen molar-refractivity contribution in [1.29, 1.82) is 0 Å². The van der Waals surface area contributed by atoms with E-state index in [9.17, 15) is 30.7 Å². The van der Waals surface area contributed by atoms with E-state index in [1.165, 1.54) is 24.3 Å². The van der Waals surface area contributed by atoms with Crippen LogP contribution >= 0.6 is 0 Å². The molecule has 0 amide bonds. The van der Waals surface area contributed by atoms with E-state index in [4.69, 9.17) is 0 Å². The number of hydrogen-bond acceptors (Lipinski definition) is 0. The average molecular weight is 653 g/mol. The maximum Gasteiger partial charge on any atom is 0.409 e. The second kappa shape index (κ2) is 15.0. The maximum absolute atomic E-state index is 15.1. The summed E-state index contributed by atoms with van der Waals surface area (Å²) in [6.07, 6.45) is 0.620. The van der Waals surface area contributed by atoms with Crippen LogP contribution < -0.4 is 0 Å². The zero-order chi connectivity index (χ0) is 33.6. The monoisotopic (exact) mass is 652 g/mol. The van der Waals surface area contributed by atoms with Crippen molar-refractivity contribution in [2.45, 2.75) is 64.5 Å². The summed E-state index contributed by atoms with van der Waals surface area (Å²) >= 11 is 0. The van der Waals surface area contributed by atoms with E-state index in [0.29, 0.717) is 29.7 Å². The summed E-state index contributed by atoms with van der Waals surface area (Å²) < 4.78 is 141. The minimum atomic E-state index is -4.84. The van der Waals surface area contributed by atoms with Gasteiger partial charge in [-0.2, -0.15) is 13.2 Å². The molecular weight excluding hydrogens is 622 g/mol. The first kappa shape index (κ1) is 34.8. The summed E-state index contributed by atoms with van der Waals surface area (Å²) in [6.45, 7) is 2.10. The van der Waals surface area contributed by atoms with E-state index in [1.54, 1.807) is 0 Å². The van der Waals surface area contributed by atoms with Crippen molar-refractivity contribution in [1.82, 2.24) is 0 Å². The number of alkyl halides is 3. The van der Waals surface area contributed by atoms with Gasteiger partial charge in [0, 0.05) is 22.8 Å². The van der Waals surface area contributed by atoms with Gasteiger partial charge in [-0.15, -0.1) is 0 Å². The van der Waals surface area contributed by atoms with Crippen LogP contribution in [0.2, 0.25) is 0 Å². The van der Waals surface area contributed by atoms with Crippen LogP contribution in [0.5, 0.6) is 0 Å². The van der Waals surface area contributed by atoms with Crippen molar-refractivity contribution in [3.63, 3.8) is 0 Å². The van der Waals surface area contributed by atoms with Gasteiger partial charge in [0.15, 0.2) is 0 Å². The number of hydrogen-bond donors (Lipinski definition) is 0. The van der Waals surface area contributed by atoms with Crippen LogP contribution in [0.3, 0.4) is 0 Å². The summed E-state index contributed by atoms with van der Waals surface area (Å²) in [5.41, 5.74) is -2.15. The molecule has 0 aliphatic rings. The lowest BCUT2D eigenvalue weighted by molar-refractivity contribution is -0.0790. The molecule has 0 bridgehead atoms. The fourth-order valence-corrected chi connectivity index (χ4v) is 5.26. The third-order valence-corrected chi connectivity index (χ3v) is 7.63. The average Bonchev–Trinajstić information content (AvgIpc) is 2.95. The molecule has 0 fully saturated rings. The Labute approximate surface area is 260 Å². The van der Waals surface area contributed by atoms with Crippen LogP contribution in [0, 0.1) is 40.7 Å². The summed E-state index contributed by atoms with van der Waals surface area (Å²) in [6, 6.07) is 8.88. The van der Waals surface area contributed by atoms with E-state index >= 15 is 13.2 Å². The van der Waals surface area contributed by atoms with Crippen LogP contribution in [-0.2, 0) is 19.3 Å². The largest absolute Gasteiger partial charge is 0.409 e. The second-order valence-electron chi connectivity index (χ2n) is 11.1. The lowest BCUT2D eigenvalue weighted by atomic mass is 9.95. The Bertz CT molecular complexity index is 1650. The van der Waals surface area contributed by atoms with Crippen molar-refractivity contribution in [2.24, 2.45) is 0 Å². The van der Waals surface area contributed by atoms with Gasteiger partial charge in [-0.3, -0.25) is 0 Å². The van der Waals surface area contributed by atoms with Crippen LogP contribution in [0.1, 0.15) is 61.3 Å². The number of halogens is 10. The molecule has 0 radical (unpaired) electrons. The van der Waals surface area contributed by atoms with Gasteiger partial charge in [-0.05, 0) is 96.5 Å². The third-order valence-electron chi connectivity index (χ3n) is 7.63. The molecule has 4 aromatic carbocycles. The topological polar surface area (TPSA) is 0 Å². The first-order valence-corrected chi connectivity index (χ1v) is 14.8. The number of aryl methyl sites for hydroxylation is 2. The van der Waals surface area contributed by atoms with Gasteiger partial charge in [-0.1, -0.05) is 44.7 Å². The molecule has 4 aromatic rings. The van der Waals surface area contributed by atoms with Gasteiger partial charge < -0.3 is 0 Å². The highest BCUT2D eigenvalue weighted by Gasteiger charge is 2.24. The van der Waals surface area contributed by atoms with Gasteiger partial charge in [0.25, 0.3) is 0 Å². The zero-order valence-electron chi connectivity index (χ0n) is 24.8. The molecule has 0 heterocycles. The quantitative estimate of drug-likeness (QED) is 0.106. The number of benzene rings is 4. The minimum absolute atomic E-state index is 0.0525. The molecule has 10 heteroatoms. The number of unbranched alkanes of at least 4 members (excludes halogenated alkanes) is 4. The molecule has 244 valence electrons. The molecule has 0 saturated carbocycles. The molecule has 46 heavy (non-hydrogen) atoms. The molecule has 0 saturated heterocycles. The van der Waals surface area contributed by atoms with Gasteiger partial charge in [0.1, 0.15) is 40.7 Å². The lowest BCUT2D eigenvalue weighted by Gasteiger charge is -2.12. The zero-order valence-corrected chi connectivity index (χ0v) is 24.8. The Morgan fingerprint density at radius 1 is 0.543 bits per heavy atom. The number of allylic oxidation sites excluding steroid dienone is 1. The fourth-order valence-electron chi connectivity index (χ4n) is 5.26. The summed E-state index contributed by atoms with van der Waals surface area (Å²) in [5, 5.41) is 0. The predicted molar refractivity (Wildman–Crippen MR) is 158 cm³/mol. The molecule has 4 rings (SSSR count). The lowest BCUT2D eigenvalue weighted by Crippen LogP contribution is -2.02. The first-order chi connectivity index (χ1) is 21.8. The Hall–Kier alpha value is -4.08. The van der Waals surface area contributed by atoms with Gasteiger partial charge in [-0.25, -0.2) is 30.7 Å². The summed E-state index contributed by atoms with van der Waals surface area (Å²) in [7, 11) is 0. The van der Waals surface area contributed by atoms with E-state index < -0.39 is 63.6 Å². The highest BCUT2D eigenvalue weighted by atomic mass is 19.4. The molecular formula is C36H30F10. The highest BCUT2D eigenvalue weighted by molar-refractivity contribution is 5.73. The van der Waals surface area contributed by atoms with Crippen LogP contribution in [0.15, 0.2) is 60.7 Å². The maximum atomic E-state index is 15.1. The molecule has 0 unspecified atom stereocenters. The van der Waals surface area contributed by atoms with Crippen molar-refractivity contribution in [2.75, 3.05) is 0 Å². The molecule has 0 nitrogen and oxygen atoms in total. The van der Waals surface area contributed by atoms with Gasteiger partial charge in [0.05, 0.1) is 5.56 Å². The standard InChI is InChI=1S/C36H30F10/c1-2-3-4-5-6-7-22-15-29(38)26(30(39)16-22)11-9-21-8-10-25(28(37)14-21)23-17-33(42)35(34(43)18-23)24-19-31(40)27(32(41)20-24)12-13-36(44,45)46/h8,10,12-20H,2-7,9,11H2,1H3. The Morgan fingerprint density at radius 3 is 1.67 bits per heavy atom. The number of rotatable bonds is 12. The molecule has 0 spiro atoms. The molecule has 0 atom stereocenters. The van der Waals surface area contributed by atoms with E-state index in [2.05, 4.69) is 6.92 Å². The molecule has 0 N–H and O–H groups in total. The Kier molecular flexibility index (Phi) is 11.3. The summed E-state index contributed by atoms with van der Waals surface area (Å²) in [5.74, 6) is -7.79.